The molecule has 2 heterocycles. The van der Waals surface area contributed by atoms with E-state index in [1.165, 1.54) is 28.1 Å². The predicted molar refractivity (Wildman–Crippen MR) is 258 cm³/mol. The molecule has 0 aliphatic rings. The Kier molecular flexibility index (Phi) is 21.2. The van der Waals surface area contributed by atoms with Crippen molar-refractivity contribution >= 4 is 69.3 Å². The molecule has 2 N–H and O–H groups in total. The number of hydrogen-bond acceptors (Lipinski definition) is 10. The predicted octanol–water partition coefficient (Wildman–Crippen LogP) is 9.21. The molecule has 0 bridgehead atoms. The number of esters is 2. The molecular formula is C46H54F6I2N4O10. The van der Waals surface area contributed by atoms with Crippen LogP contribution in [0, 0.1) is 21.0 Å². The van der Waals surface area contributed by atoms with Crippen LogP contribution >= 0.6 is 45.2 Å². The highest BCUT2D eigenvalue weighted by Gasteiger charge is 2.36. The van der Waals surface area contributed by atoms with Crippen LogP contribution in [0.25, 0.3) is 11.1 Å². The lowest BCUT2D eigenvalue weighted by Gasteiger charge is -2.22. The lowest BCUT2D eigenvalue weighted by Crippen LogP contribution is -2.45. The van der Waals surface area contributed by atoms with Crippen LogP contribution in [0.1, 0.15) is 75.2 Å². The molecule has 4 aromatic rings. The van der Waals surface area contributed by atoms with Gasteiger partial charge in [-0.2, -0.15) is 26.3 Å². The number of carbonyl (C=O) groups is 4. The van der Waals surface area contributed by atoms with Crippen molar-refractivity contribution in [3.63, 3.8) is 0 Å². The second-order valence-corrected chi connectivity index (χ2v) is 19.3. The summed E-state index contributed by atoms with van der Waals surface area (Å²) in [5.41, 5.74) is -2.02. The molecule has 0 spiro atoms. The van der Waals surface area contributed by atoms with Crippen LogP contribution in [-0.4, -0.2) is 70.8 Å². The summed E-state index contributed by atoms with van der Waals surface area (Å²) >= 11 is 3.94. The average molecular weight is 1190 g/mol. The summed E-state index contributed by atoms with van der Waals surface area (Å²) in [5.74, 6) is -1.17. The van der Waals surface area contributed by atoms with Gasteiger partial charge in [0.1, 0.15) is 34.7 Å². The number of amides is 2. The molecule has 4 rings (SSSR count). The molecule has 2 aromatic heterocycles. The van der Waals surface area contributed by atoms with Crippen molar-refractivity contribution in [2.24, 2.45) is 14.1 Å². The molecule has 0 aliphatic carbocycles. The molecule has 2 atom stereocenters. The van der Waals surface area contributed by atoms with Crippen LogP contribution in [0.15, 0.2) is 70.3 Å². The van der Waals surface area contributed by atoms with Crippen LogP contribution in [0.2, 0.25) is 0 Å². The van der Waals surface area contributed by atoms with E-state index in [1.807, 2.05) is 24.3 Å². The maximum atomic E-state index is 13.2. The number of carbonyl (C=O) groups excluding carboxylic acids is 4. The first-order valence-corrected chi connectivity index (χ1v) is 22.4. The summed E-state index contributed by atoms with van der Waals surface area (Å²) in [6.45, 7) is 13.3. The molecule has 0 radical (unpaired) electrons. The van der Waals surface area contributed by atoms with Crippen molar-refractivity contribution in [2.75, 3.05) is 14.2 Å². The zero-order chi connectivity index (χ0) is 52.3. The van der Waals surface area contributed by atoms with E-state index in [4.69, 9.17) is 18.9 Å². The van der Waals surface area contributed by atoms with E-state index in [1.54, 1.807) is 88.4 Å². The Hall–Kier alpha value is -5.14. The van der Waals surface area contributed by atoms with Gasteiger partial charge in [0.15, 0.2) is 0 Å². The third kappa shape index (κ3) is 18.4. The van der Waals surface area contributed by atoms with Crippen LogP contribution in [-0.2, 0) is 67.8 Å². The smallest absolute Gasteiger partial charge is 0.431 e. The molecule has 2 amide bonds. The first kappa shape index (κ1) is 59.0. The van der Waals surface area contributed by atoms with Crippen LogP contribution < -0.4 is 21.8 Å². The van der Waals surface area contributed by atoms with Crippen LogP contribution in [0.5, 0.6) is 0 Å². The lowest BCUT2D eigenvalue weighted by molar-refractivity contribution is -0.144. The van der Waals surface area contributed by atoms with Gasteiger partial charge in [-0.1, -0.05) is 36.4 Å². The first-order chi connectivity index (χ1) is 31.1. The van der Waals surface area contributed by atoms with Gasteiger partial charge in [-0.25, -0.2) is 19.2 Å². The Morgan fingerprint density at radius 3 is 1.31 bits per heavy atom. The van der Waals surface area contributed by atoms with Crippen LogP contribution in [0.3, 0.4) is 0 Å². The van der Waals surface area contributed by atoms with E-state index in [-0.39, 0.29) is 17.5 Å². The summed E-state index contributed by atoms with van der Waals surface area (Å²) in [6, 6.07) is 14.2. The summed E-state index contributed by atoms with van der Waals surface area (Å²) in [6.07, 6.45) is -10.1. The fourth-order valence-electron chi connectivity index (χ4n) is 5.98. The maximum Gasteiger partial charge on any atom is 0.431 e. The molecule has 0 aliphatic heterocycles. The normalized spacial score (nSPS) is 12.5. The maximum absolute atomic E-state index is 13.2. The summed E-state index contributed by atoms with van der Waals surface area (Å²) in [5, 5.41) is 5.02. The number of hydrogen-bond donors (Lipinski definition) is 2. The van der Waals surface area contributed by atoms with Gasteiger partial charge in [-0.05, 0) is 153 Å². The Labute approximate surface area is 416 Å². The Morgan fingerprint density at radius 1 is 0.603 bits per heavy atom. The number of aromatic nitrogens is 2. The van der Waals surface area contributed by atoms with Crippen molar-refractivity contribution in [3.05, 3.63) is 122 Å². The molecule has 14 nitrogen and oxygen atoms in total. The molecular weight excluding hydrogens is 1140 g/mol. The number of rotatable bonds is 9. The number of ether oxygens (including phenoxy) is 4. The SMILES string of the molecule is COC(=O)C(Cc1ccc(-c2c(C)cc(C(F)(F)F)n(C)c2=O)cc1)NC(=O)OC(C)(C)C.COC(=O)C(Cc1ccc(I)cc1)NC(=O)OC(C)(C)C.Cc1cc(C(F)(F)F)n(C)c(=O)c1I. The number of halogens is 8. The quantitative estimate of drug-likeness (QED) is 0.0712. The molecule has 22 heteroatoms. The molecule has 374 valence electrons. The third-order valence-electron chi connectivity index (χ3n) is 9.15. The Bertz CT molecular complexity index is 2530. The van der Waals surface area contributed by atoms with E-state index in [0.29, 0.717) is 35.8 Å². The van der Waals surface area contributed by atoms with Crippen LogP contribution in [0.4, 0.5) is 35.9 Å². The number of benzene rings is 2. The van der Waals surface area contributed by atoms with E-state index >= 15 is 0 Å². The fourth-order valence-corrected chi connectivity index (χ4v) is 6.85. The fraction of sp³-hybridized carbons (Fsp3) is 0.435. The molecule has 0 saturated carbocycles. The van der Waals surface area contributed by atoms with E-state index in [9.17, 15) is 55.1 Å². The minimum absolute atomic E-state index is 0.0796. The highest BCUT2D eigenvalue weighted by molar-refractivity contribution is 14.1. The van der Waals surface area contributed by atoms with E-state index < -0.39 is 82.3 Å². The second kappa shape index (κ2) is 24.4. The average Bonchev–Trinajstić information content (AvgIpc) is 3.21. The van der Waals surface area contributed by atoms with Gasteiger partial charge in [-0.3, -0.25) is 9.59 Å². The number of nitrogens with zero attached hydrogens (tertiary/aromatic N) is 2. The zero-order valence-corrected chi connectivity index (χ0v) is 43.7. The van der Waals surface area contributed by atoms with Crippen molar-refractivity contribution in [2.45, 2.75) is 104 Å². The van der Waals surface area contributed by atoms with Gasteiger partial charge >= 0.3 is 36.5 Å². The van der Waals surface area contributed by atoms with Gasteiger partial charge in [0.05, 0.1) is 23.4 Å². The summed E-state index contributed by atoms with van der Waals surface area (Å²) < 4.78 is 99.0. The molecule has 0 saturated heterocycles. The molecule has 2 unspecified atom stereocenters. The number of aryl methyl sites for hydroxylation is 2. The monoisotopic (exact) mass is 1190 g/mol. The van der Waals surface area contributed by atoms with E-state index in [0.717, 1.165) is 35.4 Å². The highest BCUT2D eigenvalue weighted by atomic mass is 127. The van der Waals surface area contributed by atoms with Gasteiger partial charge in [0.25, 0.3) is 11.1 Å². The summed E-state index contributed by atoms with van der Waals surface area (Å²) in [7, 11) is 4.68. The minimum Gasteiger partial charge on any atom is -0.467 e. The van der Waals surface area contributed by atoms with Gasteiger partial charge in [0.2, 0.25) is 0 Å². The molecule has 2 aromatic carbocycles. The standard InChI is InChI=1S/C23H27F3N2O5.C15H20INO4.C8H7F3INO/c1-13-11-17(23(24,25)26)28(5)19(29)18(13)15-9-7-14(8-10-15)12-16(20(30)32-6)27-21(31)33-22(2,3)4;1-15(2,3)21-14(19)17-12(13(18)20-4)9-10-5-7-11(16)8-6-10;1-4-3-5(8(9,10)11)13(2)7(14)6(4)12/h7-11,16H,12H2,1-6H3,(H,27,31);5-8,12H,9H2,1-4H3,(H,17,19);3H,1-2H3. The first-order valence-electron chi connectivity index (χ1n) is 20.3. The lowest BCUT2D eigenvalue weighted by atomic mass is 9.98. The van der Waals surface area contributed by atoms with Crippen molar-refractivity contribution in [3.8, 4) is 11.1 Å². The Balaban J connectivity index is 0.000000386. The van der Waals surface area contributed by atoms with E-state index in [2.05, 4.69) is 33.2 Å². The molecule has 68 heavy (non-hydrogen) atoms. The number of methoxy groups -OCH3 is 2. The number of nitrogens with one attached hydrogen (secondary N) is 2. The minimum atomic E-state index is -4.65. The van der Waals surface area contributed by atoms with Crippen molar-refractivity contribution in [1.29, 1.82) is 0 Å². The highest BCUT2D eigenvalue weighted by Crippen LogP contribution is 2.31. The number of pyridine rings is 2. The van der Waals surface area contributed by atoms with Crippen molar-refractivity contribution < 1.29 is 64.5 Å². The summed E-state index contributed by atoms with van der Waals surface area (Å²) in [4.78, 5) is 71.7. The van der Waals surface area contributed by atoms with Gasteiger partial charge in [0, 0.05) is 30.5 Å². The molecule has 0 fully saturated rings. The van der Waals surface area contributed by atoms with Gasteiger partial charge < -0.3 is 38.7 Å². The Morgan fingerprint density at radius 2 is 0.956 bits per heavy atom. The van der Waals surface area contributed by atoms with Crippen molar-refractivity contribution in [1.82, 2.24) is 19.8 Å². The van der Waals surface area contributed by atoms with Gasteiger partial charge in [-0.15, -0.1) is 0 Å². The number of alkyl halides is 6. The largest absolute Gasteiger partial charge is 0.467 e. The number of alkyl carbamates (subject to hydrolysis) is 2. The zero-order valence-electron chi connectivity index (χ0n) is 39.3. The topological polar surface area (TPSA) is 173 Å². The second-order valence-electron chi connectivity index (χ2n) is 17.0. The third-order valence-corrected chi connectivity index (χ3v) is 11.2.